The number of esters is 1. The molecule has 92 valence electrons. The predicted octanol–water partition coefficient (Wildman–Crippen LogP) is 1.68. The normalized spacial score (nSPS) is 19.8. The Kier molecular flexibility index (Phi) is 3.78. The van der Waals surface area contributed by atoms with Gasteiger partial charge in [0, 0.05) is 18.3 Å². The molecule has 1 unspecified atom stereocenters. The fourth-order valence-corrected chi connectivity index (χ4v) is 2.89. The van der Waals surface area contributed by atoms with Gasteiger partial charge in [0.15, 0.2) is 10.7 Å². The second-order valence-electron chi connectivity index (χ2n) is 3.73. The highest BCUT2D eigenvalue weighted by atomic mass is 79.9. The van der Waals surface area contributed by atoms with Crippen molar-refractivity contribution in [2.45, 2.75) is 6.42 Å². The van der Waals surface area contributed by atoms with Crippen molar-refractivity contribution >= 4 is 45.0 Å². The molecule has 5 nitrogen and oxygen atoms in total. The maximum absolute atomic E-state index is 11.8. The van der Waals surface area contributed by atoms with E-state index < -0.39 is 5.97 Å². The van der Waals surface area contributed by atoms with E-state index in [1.165, 1.54) is 18.4 Å². The van der Waals surface area contributed by atoms with Gasteiger partial charge in [-0.25, -0.2) is 9.78 Å². The summed E-state index contributed by atoms with van der Waals surface area (Å²) in [6, 6.07) is 0. The smallest absolute Gasteiger partial charge is 0.351 e. The molecular formula is C10H11BrN2O3S. The van der Waals surface area contributed by atoms with Crippen LogP contribution in [0.3, 0.4) is 0 Å². The molecule has 1 aliphatic rings. The summed E-state index contributed by atoms with van der Waals surface area (Å²) < 4.78 is 4.67. The van der Waals surface area contributed by atoms with Crippen LogP contribution < -0.4 is 4.90 Å². The fourth-order valence-electron chi connectivity index (χ4n) is 1.75. The Hall–Kier alpha value is -0.950. The molecule has 0 spiro atoms. The third kappa shape index (κ3) is 2.35. The van der Waals surface area contributed by atoms with E-state index in [1.54, 1.807) is 10.4 Å². The average Bonchev–Trinajstić information content (AvgIpc) is 2.93. The van der Waals surface area contributed by atoms with Crippen molar-refractivity contribution in [2.75, 3.05) is 23.9 Å². The summed E-state index contributed by atoms with van der Waals surface area (Å²) in [5.41, 5.74) is 1.55. The zero-order chi connectivity index (χ0) is 12.4. The molecule has 0 N–H and O–H groups in total. The van der Waals surface area contributed by atoms with Crippen molar-refractivity contribution in [3.8, 4) is 0 Å². The van der Waals surface area contributed by atoms with Crippen molar-refractivity contribution < 1.29 is 14.3 Å². The highest BCUT2D eigenvalue weighted by molar-refractivity contribution is 9.09. The number of carbonyl (C=O) groups excluding carboxylic acids is 2. The Morgan fingerprint density at radius 1 is 1.76 bits per heavy atom. The standard InChI is InChI=1S/C10H11BrN2O3S/c1-16-10(15)8-9(12-5-17-8)13-4-6(3-11)2-7(13)14/h5-6H,2-4H2,1H3. The van der Waals surface area contributed by atoms with Gasteiger partial charge in [0.2, 0.25) is 5.91 Å². The number of anilines is 1. The van der Waals surface area contributed by atoms with Gasteiger partial charge < -0.3 is 4.74 Å². The lowest BCUT2D eigenvalue weighted by Crippen LogP contribution is -2.26. The first-order valence-corrected chi connectivity index (χ1v) is 7.05. The molecule has 7 heteroatoms. The van der Waals surface area contributed by atoms with Crippen LogP contribution in [-0.4, -0.2) is 35.8 Å². The van der Waals surface area contributed by atoms with Gasteiger partial charge >= 0.3 is 5.97 Å². The Balaban J connectivity index is 2.26. The van der Waals surface area contributed by atoms with E-state index in [0.29, 0.717) is 23.7 Å². The second-order valence-corrected chi connectivity index (χ2v) is 5.23. The number of amides is 1. The number of halogens is 1. The molecule has 1 aromatic heterocycles. The monoisotopic (exact) mass is 318 g/mol. The van der Waals surface area contributed by atoms with E-state index in [4.69, 9.17) is 0 Å². The van der Waals surface area contributed by atoms with Crippen molar-refractivity contribution in [1.29, 1.82) is 0 Å². The minimum absolute atomic E-state index is 0.00510. The number of aromatic nitrogens is 1. The number of hydrogen-bond acceptors (Lipinski definition) is 5. The Labute approximate surface area is 111 Å². The molecule has 1 aliphatic heterocycles. The molecule has 1 aromatic rings. The summed E-state index contributed by atoms with van der Waals surface area (Å²) in [6.45, 7) is 0.595. The van der Waals surface area contributed by atoms with Gasteiger partial charge in [-0.05, 0) is 5.92 Å². The van der Waals surface area contributed by atoms with Crippen LogP contribution in [0.4, 0.5) is 5.82 Å². The van der Waals surface area contributed by atoms with Crippen LogP contribution in [0.1, 0.15) is 16.1 Å². The summed E-state index contributed by atoms with van der Waals surface area (Å²) in [6.07, 6.45) is 0.489. The maximum atomic E-state index is 11.8. The van der Waals surface area contributed by atoms with Crippen LogP contribution in [0.2, 0.25) is 0 Å². The molecule has 1 atom stereocenters. The van der Waals surface area contributed by atoms with E-state index in [0.717, 1.165) is 5.33 Å². The van der Waals surface area contributed by atoms with Crippen LogP contribution in [0, 0.1) is 5.92 Å². The van der Waals surface area contributed by atoms with Crippen molar-refractivity contribution in [2.24, 2.45) is 5.92 Å². The second kappa shape index (κ2) is 5.14. The van der Waals surface area contributed by atoms with Crippen LogP contribution in [0.5, 0.6) is 0 Å². The molecule has 2 rings (SSSR count). The predicted molar refractivity (Wildman–Crippen MR) is 67.7 cm³/mol. The van der Waals surface area contributed by atoms with Gasteiger partial charge in [0.25, 0.3) is 0 Å². The molecule has 0 aliphatic carbocycles. The number of ether oxygens (including phenoxy) is 1. The number of carbonyl (C=O) groups is 2. The average molecular weight is 319 g/mol. The minimum Gasteiger partial charge on any atom is -0.465 e. The third-order valence-corrected chi connectivity index (χ3v) is 4.31. The molecule has 1 amide bonds. The van der Waals surface area contributed by atoms with Gasteiger partial charge in [0.05, 0.1) is 12.6 Å². The molecule has 0 radical (unpaired) electrons. The van der Waals surface area contributed by atoms with Crippen molar-refractivity contribution in [3.63, 3.8) is 0 Å². The summed E-state index contributed by atoms with van der Waals surface area (Å²) >= 11 is 4.56. The molecule has 17 heavy (non-hydrogen) atoms. The third-order valence-electron chi connectivity index (χ3n) is 2.60. The molecule has 1 fully saturated rings. The lowest BCUT2D eigenvalue weighted by molar-refractivity contribution is -0.117. The first-order chi connectivity index (χ1) is 8.17. The van der Waals surface area contributed by atoms with E-state index in [9.17, 15) is 9.59 Å². The van der Waals surface area contributed by atoms with Gasteiger partial charge in [0.1, 0.15) is 0 Å². The number of thiazole rings is 1. The van der Waals surface area contributed by atoms with Crippen molar-refractivity contribution in [3.05, 3.63) is 10.4 Å². The number of rotatable bonds is 3. The van der Waals surface area contributed by atoms with Gasteiger partial charge in [-0.15, -0.1) is 11.3 Å². The number of methoxy groups -OCH3 is 1. The molecular weight excluding hydrogens is 308 g/mol. The zero-order valence-electron chi connectivity index (χ0n) is 9.18. The molecule has 0 aromatic carbocycles. The van der Waals surface area contributed by atoms with E-state index >= 15 is 0 Å². The topological polar surface area (TPSA) is 59.5 Å². The largest absolute Gasteiger partial charge is 0.465 e. The SMILES string of the molecule is COC(=O)c1scnc1N1CC(CBr)CC1=O. The Morgan fingerprint density at radius 3 is 3.12 bits per heavy atom. The van der Waals surface area contributed by atoms with E-state index in [-0.39, 0.29) is 11.8 Å². The zero-order valence-corrected chi connectivity index (χ0v) is 11.6. The molecule has 2 heterocycles. The highest BCUT2D eigenvalue weighted by Crippen LogP contribution is 2.30. The van der Waals surface area contributed by atoms with Crippen LogP contribution in [0.25, 0.3) is 0 Å². The first-order valence-electron chi connectivity index (χ1n) is 5.05. The van der Waals surface area contributed by atoms with Crippen LogP contribution in [-0.2, 0) is 9.53 Å². The summed E-state index contributed by atoms with van der Waals surface area (Å²) in [5.74, 6) is 0.257. The molecule has 0 bridgehead atoms. The highest BCUT2D eigenvalue weighted by Gasteiger charge is 2.33. The van der Waals surface area contributed by atoms with Crippen molar-refractivity contribution in [1.82, 2.24) is 4.98 Å². The maximum Gasteiger partial charge on any atom is 0.351 e. The van der Waals surface area contributed by atoms with Crippen LogP contribution in [0.15, 0.2) is 5.51 Å². The lowest BCUT2D eigenvalue weighted by Gasteiger charge is -2.14. The molecule has 0 saturated carbocycles. The molecule has 1 saturated heterocycles. The lowest BCUT2D eigenvalue weighted by atomic mass is 10.2. The van der Waals surface area contributed by atoms with Gasteiger partial charge in [-0.2, -0.15) is 0 Å². The number of nitrogens with zero attached hydrogens (tertiary/aromatic N) is 2. The minimum atomic E-state index is -0.447. The summed E-state index contributed by atoms with van der Waals surface area (Å²) in [5, 5.41) is 0.771. The number of alkyl halides is 1. The summed E-state index contributed by atoms with van der Waals surface area (Å²) in [4.78, 5) is 29.4. The van der Waals surface area contributed by atoms with Gasteiger partial charge in [-0.1, -0.05) is 15.9 Å². The van der Waals surface area contributed by atoms with E-state index in [2.05, 4.69) is 25.7 Å². The van der Waals surface area contributed by atoms with E-state index in [1.807, 2.05) is 0 Å². The Morgan fingerprint density at radius 2 is 2.53 bits per heavy atom. The fraction of sp³-hybridized carbons (Fsp3) is 0.500. The van der Waals surface area contributed by atoms with Crippen LogP contribution >= 0.6 is 27.3 Å². The quantitative estimate of drug-likeness (QED) is 0.628. The summed E-state index contributed by atoms with van der Waals surface area (Å²) in [7, 11) is 1.32. The Bertz CT molecular complexity index is 449. The first kappa shape index (κ1) is 12.5. The number of hydrogen-bond donors (Lipinski definition) is 0. The van der Waals surface area contributed by atoms with Gasteiger partial charge in [-0.3, -0.25) is 9.69 Å².